The topological polar surface area (TPSA) is 43.1 Å². The Bertz CT molecular complexity index is 3330. The number of furan rings is 1. The maximum absolute atomic E-state index is 15.1. The summed E-state index contributed by atoms with van der Waals surface area (Å²) in [5.74, 6) is 0. The minimum Gasteiger partial charge on any atom is -0.454 e. The molecule has 0 aliphatic rings. The summed E-state index contributed by atoms with van der Waals surface area (Å²) in [5.41, 5.74) is 8.57. The first-order valence-electron chi connectivity index (χ1n) is 19.2. The van der Waals surface area contributed by atoms with E-state index in [0.29, 0.717) is 0 Å². The molecule has 0 aliphatic carbocycles. The van der Waals surface area contributed by atoms with Gasteiger partial charge in [0.1, 0.15) is 11.3 Å². The molecule has 2 heterocycles. The molecular weight excluding hydrogens is 714 g/mol. The van der Waals surface area contributed by atoms with Gasteiger partial charge < -0.3 is 8.98 Å². The van der Waals surface area contributed by atoms with Crippen LogP contribution in [0.1, 0.15) is 0 Å². The molecule has 4 heteroatoms. The molecule has 0 amide bonds. The summed E-state index contributed by atoms with van der Waals surface area (Å²) < 4.78 is 21.8. The van der Waals surface area contributed by atoms with Gasteiger partial charge >= 0.3 is 0 Å². The lowest BCUT2D eigenvalue weighted by atomic mass is 9.91. The van der Waals surface area contributed by atoms with Gasteiger partial charge in [-0.1, -0.05) is 188 Å². The highest BCUT2D eigenvalue weighted by molar-refractivity contribution is 7.85. The van der Waals surface area contributed by atoms with Crippen molar-refractivity contribution in [1.82, 2.24) is 4.98 Å². The van der Waals surface area contributed by atoms with E-state index in [-0.39, 0.29) is 0 Å². The Morgan fingerprint density at radius 3 is 1.74 bits per heavy atom. The molecule has 0 unspecified atom stereocenters. The fraction of sp³-hybridized carbons (Fsp3) is 0. The molecule has 0 spiro atoms. The number of fused-ring (bicyclic) bond motifs is 8. The van der Waals surface area contributed by atoms with Gasteiger partial charge in [-0.15, -0.1) is 0 Å². The highest BCUT2D eigenvalue weighted by Gasteiger charge is 2.29. The number of para-hydroxylation sites is 2. The summed E-state index contributed by atoms with van der Waals surface area (Å²) in [6.45, 7) is 0. The van der Waals surface area contributed by atoms with Crippen molar-refractivity contribution in [3.63, 3.8) is 0 Å². The van der Waals surface area contributed by atoms with Gasteiger partial charge in [0.15, 0.2) is 12.7 Å². The number of benzene rings is 9. The Balaban J connectivity index is 1.10. The third-order valence-electron chi connectivity index (χ3n) is 11.3. The van der Waals surface area contributed by atoms with Gasteiger partial charge in [0.2, 0.25) is 0 Å². The quantitative estimate of drug-likeness (QED) is 0.126. The summed E-state index contributed by atoms with van der Waals surface area (Å²) in [4.78, 5) is 5.55. The van der Waals surface area contributed by atoms with Crippen LogP contribution in [0.15, 0.2) is 211 Å². The monoisotopic (exact) mass is 747 g/mol. The van der Waals surface area contributed by atoms with Crippen molar-refractivity contribution in [2.24, 2.45) is 0 Å². The first-order valence-corrected chi connectivity index (χ1v) is 20.9. The van der Waals surface area contributed by atoms with E-state index in [9.17, 15) is 0 Å². The molecule has 0 saturated heterocycles. The van der Waals surface area contributed by atoms with Crippen LogP contribution in [-0.4, -0.2) is 4.98 Å². The van der Waals surface area contributed by atoms with E-state index >= 15 is 4.57 Å². The van der Waals surface area contributed by atoms with Crippen LogP contribution in [0.3, 0.4) is 0 Å². The van der Waals surface area contributed by atoms with E-state index < -0.39 is 7.14 Å². The summed E-state index contributed by atoms with van der Waals surface area (Å²) in [7, 11) is -3.09. The molecular formula is C53H34NO2P. The molecule has 57 heavy (non-hydrogen) atoms. The Labute approximate surface area is 329 Å². The molecule has 0 radical (unpaired) electrons. The predicted octanol–water partition coefficient (Wildman–Crippen LogP) is 13.1. The van der Waals surface area contributed by atoms with Crippen LogP contribution in [0.4, 0.5) is 0 Å². The first-order chi connectivity index (χ1) is 28.1. The van der Waals surface area contributed by atoms with Crippen LogP contribution in [0.25, 0.3) is 87.9 Å². The lowest BCUT2D eigenvalue weighted by molar-refractivity contribution is 0.592. The molecule has 11 rings (SSSR count). The number of hydrogen-bond donors (Lipinski definition) is 0. The zero-order chi connectivity index (χ0) is 37.9. The zero-order valence-electron chi connectivity index (χ0n) is 30.8. The van der Waals surface area contributed by atoms with Gasteiger partial charge in [0.05, 0.1) is 5.52 Å². The Morgan fingerprint density at radius 2 is 0.982 bits per heavy atom. The van der Waals surface area contributed by atoms with Crippen molar-refractivity contribution in [2.75, 3.05) is 0 Å². The molecule has 2 aromatic heterocycles. The van der Waals surface area contributed by atoms with Crippen molar-refractivity contribution < 1.29 is 8.98 Å². The number of rotatable bonds is 6. The van der Waals surface area contributed by atoms with Crippen LogP contribution < -0.4 is 15.9 Å². The molecule has 9 aromatic carbocycles. The molecule has 268 valence electrons. The number of pyridine rings is 1. The van der Waals surface area contributed by atoms with Gasteiger partial charge in [-0.25, -0.2) is 4.98 Å². The van der Waals surface area contributed by atoms with Crippen molar-refractivity contribution in [3.05, 3.63) is 206 Å². The van der Waals surface area contributed by atoms with Crippen molar-refractivity contribution in [2.45, 2.75) is 0 Å². The Kier molecular flexibility index (Phi) is 7.77. The molecule has 3 nitrogen and oxygen atoms in total. The summed E-state index contributed by atoms with van der Waals surface area (Å²) in [6.07, 6.45) is 0. The largest absolute Gasteiger partial charge is 0.454 e. The lowest BCUT2D eigenvalue weighted by Crippen LogP contribution is -2.24. The third kappa shape index (κ3) is 5.35. The van der Waals surface area contributed by atoms with Crippen LogP contribution in [0.5, 0.6) is 0 Å². The van der Waals surface area contributed by atoms with Crippen molar-refractivity contribution in [1.29, 1.82) is 0 Å². The third-order valence-corrected chi connectivity index (χ3v) is 14.4. The second-order valence-electron chi connectivity index (χ2n) is 14.6. The second kappa shape index (κ2) is 13.3. The van der Waals surface area contributed by atoms with Crippen molar-refractivity contribution in [3.8, 4) is 33.5 Å². The number of nitrogens with zero attached hydrogens (tertiary/aromatic N) is 1. The van der Waals surface area contributed by atoms with Crippen LogP contribution in [-0.2, 0) is 4.57 Å². The first kappa shape index (κ1) is 33.3. The van der Waals surface area contributed by atoms with Crippen LogP contribution >= 0.6 is 7.14 Å². The van der Waals surface area contributed by atoms with Crippen molar-refractivity contribution >= 4 is 77.4 Å². The molecule has 0 atom stereocenters. The van der Waals surface area contributed by atoms with Gasteiger partial charge in [0, 0.05) is 43.2 Å². The normalized spacial score (nSPS) is 11.9. The van der Waals surface area contributed by atoms with E-state index in [1.165, 1.54) is 21.5 Å². The molecule has 0 bridgehead atoms. The zero-order valence-corrected chi connectivity index (χ0v) is 31.7. The summed E-state index contributed by atoms with van der Waals surface area (Å²) in [6, 6.07) is 70.7. The second-order valence-corrected chi connectivity index (χ2v) is 17.3. The van der Waals surface area contributed by atoms with Gasteiger partial charge in [-0.05, 0) is 56.4 Å². The molecule has 0 N–H and O–H groups in total. The lowest BCUT2D eigenvalue weighted by Gasteiger charge is -2.20. The van der Waals surface area contributed by atoms with E-state index in [1.807, 2.05) is 84.9 Å². The molecule has 0 fully saturated rings. The fourth-order valence-corrected chi connectivity index (χ4v) is 11.3. The maximum atomic E-state index is 15.1. The number of aromatic nitrogens is 1. The van der Waals surface area contributed by atoms with Crippen LogP contribution in [0.2, 0.25) is 0 Å². The highest BCUT2D eigenvalue weighted by Crippen LogP contribution is 2.45. The van der Waals surface area contributed by atoms with E-state index in [4.69, 9.17) is 9.40 Å². The summed E-state index contributed by atoms with van der Waals surface area (Å²) in [5, 5.41) is 10.5. The molecule has 0 saturated carbocycles. The minimum atomic E-state index is -3.09. The average molecular weight is 748 g/mol. The average Bonchev–Trinajstić information content (AvgIpc) is 3.69. The van der Waals surface area contributed by atoms with E-state index in [0.717, 1.165) is 82.3 Å². The van der Waals surface area contributed by atoms with Gasteiger partial charge in [-0.3, -0.25) is 0 Å². The maximum Gasteiger partial charge on any atom is 0.171 e. The fourth-order valence-electron chi connectivity index (χ4n) is 8.63. The van der Waals surface area contributed by atoms with Gasteiger partial charge in [-0.2, -0.15) is 0 Å². The molecule has 0 aliphatic heterocycles. The smallest absolute Gasteiger partial charge is 0.171 e. The Hall–Kier alpha value is -7.06. The highest BCUT2D eigenvalue weighted by atomic mass is 31.2. The van der Waals surface area contributed by atoms with E-state index in [2.05, 4.69) is 121 Å². The standard InChI is InChI=1S/C53H34NO2P/c55-57(39-18-3-1-4-19-39,40-20-5-2-6-21-40)41-31-29-35(30-32-41)36-16-13-17-38(33-36)51-53-50(46-25-11-12-28-49(46)56-53)47-27-14-26-45(52(47)54-51)48-34-37-15-7-8-22-42(37)43-23-9-10-24-44(43)48/h1-34H. The summed E-state index contributed by atoms with van der Waals surface area (Å²) >= 11 is 0. The van der Waals surface area contributed by atoms with E-state index in [1.54, 1.807) is 0 Å². The Morgan fingerprint density at radius 1 is 0.404 bits per heavy atom. The molecule has 11 aromatic rings. The minimum absolute atomic E-state index is 0.767. The number of hydrogen-bond acceptors (Lipinski definition) is 3. The SMILES string of the molecule is O=P(c1ccccc1)(c1ccccc1)c1ccc(-c2cccc(-c3nc4c(-c5cc6ccccc6c6ccccc56)cccc4c4c3oc3ccccc34)c2)cc1. The predicted molar refractivity (Wildman–Crippen MR) is 240 cm³/mol. The van der Waals surface area contributed by atoms with Gasteiger partial charge in [0.25, 0.3) is 0 Å². The van der Waals surface area contributed by atoms with Crippen LogP contribution in [0, 0.1) is 0 Å².